The minimum atomic E-state index is 0.316. The third-order valence-electron chi connectivity index (χ3n) is 1.82. The molecule has 0 aliphatic rings. The van der Waals surface area contributed by atoms with Gasteiger partial charge in [0.05, 0.1) is 6.20 Å². The molecule has 12 heavy (non-hydrogen) atoms. The molecule has 4 nitrogen and oxygen atoms in total. The molecular formula is C8H16N4. The summed E-state index contributed by atoms with van der Waals surface area (Å²) in [5.41, 5.74) is 12.3. The zero-order valence-electron chi connectivity index (χ0n) is 7.62. The highest BCUT2D eigenvalue weighted by molar-refractivity contribution is 5.39. The number of nitrogens with zero attached hydrogens (tertiary/aromatic N) is 2. The lowest BCUT2D eigenvalue weighted by molar-refractivity contribution is 0.540. The molecule has 4 heteroatoms. The minimum Gasteiger partial charge on any atom is -0.384 e. The van der Waals surface area contributed by atoms with Gasteiger partial charge in [0.15, 0.2) is 0 Å². The van der Waals surface area contributed by atoms with Crippen LogP contribution >= 0.6 is 0 Å². The van der Waals surface area contributed by atoms with Crippen LogP contribution in [-0.4, -0.2) is 16.3 Å². The molecule has 0 bridgehead atoms. The topological polar surface area (TPSA) is 69.9 Å². The Kier molecular flexibility index (Phi) is 2.70. The van der Waals surface area contributed by atoms with Crippen molar-refractivity contribution < 1.29 is 0 Å². The lowest BCUT2D eigenvalue weighted by atomic mass is 10.2. The first-order chi connectivity index (χ1) is 5.66. The van der Waals surface area contributed by atoms with Crippen LogP contribution in [0.2, 0.25) is 0 Å². The largest absolute Gasteiger partial charge is 0.384 e. The van der Waals surface area contributed by atoms with Crippen molar-refractivity contribution in [2.45, 2.75) is 26.3 Å². The predicted molar refractivity (Wildman–Crippen MR) is 49.8 cm³/mol. The fourth-order valence-electron chi connectivity index (χ4n) is 1.17. The van der Waals surface area contributed by atoms with E-state index in [4.69, 9.17) is 11.5 Å². The van der Waals surface area contributed by atoms with E-state index in [9.17, 15) is 0 Å². The number of hydrogen-bond acceptors (Lipinski definition) is 3. The molecule has 68 valence electrons. The number of nitrogens with two attached hydrogens (primary N) is 2. The molecule has 1 aromatic heterocycles. The Balaban J connectivity index is 2.88. The lowest BCUT2D eigenvalue weighted by Gasteiger charge is -2.07. The van der Waals surface area contributed by atoms with E-state index in [0.717, 1.165) is 17.8 Å². The summed E-state index contributed by atoms with van der Waals surface area (Å²) in [4.78, 5) is 0. The number of anilines is 1. The van der Waals surface area contributed by atoms with Crippen LogP contribution in [0, 0.1) is 0 Å². The van der Waals surface area contributed by atoms with Crippen LogP contribution in [-0.2, 0) is 6.42 Å². The summed E-state index contributed by atoms with van der Waals surface area (Å²) >= 11 is 0. The summed E-state index contributed by atoms with van der Waals surface area (Å²) in [7, 11) is 0. The standard InChI is InChI=1S/C8H16N4/c1-6(2)12-8(10)7(3-4-9)5-11-12/h5-6H,3-4,9-10H2,1-2H3. The normalized spacial score (nSPS) is 11.0. The molecular weight excluding hydrogens is 152 g/mol. The maximum absolute atomic E-state index is 5.84. The van der Waals surface area contributed by atoms with Gasteiger partial charge >= 0.3 is 0 Å². The highest BCUT2D eigenvalue weighted by atomic mass is 15.3. The van der Waals surface area contributed by atoms with Gasteiger partial charge in [-0.1, -0.05) is 0 Å². The van der Waals surface area contributed by atoms with Crippen LogP contribution in [0.25, 0.3) is 0 Å². The Morgan fingerprint density at radius 2 is 2.25 bits per heavy atom. The lowest BCUT2D eigenvalue weighted by Crippen LogP contribution is -2.09. The van der Waals surface area contributed by atoms with Gasteiger partial charge < -0.3 is 11.5 Å². The van der Waals surface area contributed by atoms with Crippen molar-refractivity contribution in [3.63, 3.8) is 0 Å². The fraction of sp³-hybridized carbons (Fsp3) is 0.625. The average molecular weight is 168 g/mol. The Bertz CT molecular complexity index is 252. The minimum absolute atomic E-state index is 0.316. The highest BCUT2D eigenvalue weighted by Crippen LogP contribution is 2.15. The van der Waals surface area contributed by atoms with Crippen LogP contribution in [0.1, 0.15) is 25.5 Å². The Morgan fingerprint density at radius 3 is 2.67 bits per heavy atom. The van der Waals surface area contributed by atoms with Crippen molar-refractivity contribution >= 4 is 5.82 Å². The molecule has 1 aromatic rings. The first-order valence-electron chi connectivity index (χ1n) is 4.18. The van der Waals surface area contributed by atoms with Gasteiger partial charge in [-0.2, -0.15) is 5.10 Å². The quantitative estimate of drug-likeness (QED) is 0.692. The number of aromatic nitrogens is 2. The summed E-state index contributed by atoms with van der Waals surface area (Å²) in [5.74, 6) is 0.746. The third-order valence-corrected chi connectivity index (χ3v) is 1.82. The molecule has 0 saturated heterocycles. The molecule has 0 aliphatic carbocycles. The maximum Gasteiger partial charge on any atom is 0.125 e. The molecule has 1 rings (SSSR count). The fourth-order valence-corrected chi connectivity index (χ4v) is 1.17. The van der Waals surface area contributed by atoms with Gasteiger partial charge in [0, 0.05) is 11.6 Å². The van der Waals surface area contributed by atoms with Gasteiger partial charge in [-0.25, -0.2) is 4.68 Å². The van der Waals surface area contributed by atoms with Gasteiger partial charge in [-0.3, -0.25) is 0 Å². The van der Waals surface area contributed by atoms with Crippen LogP contribution in [0.4, 0.5) is 5.82 Å². The van der Waals surface area contributed by atoms with Gasteiger partial charge in [-0.05, 0) is 26.8 Å². The molecule has 0 aromatic carbocycles. The number of hydrogen-bond donors (Lipinski definition) is 2. The second-order valence-corrected chi connectivity index (χ2v) is 3.13. The first kappa shape index (κ1) is 9.06. The van der Waals surface area contributed by atoms with E-state index in [-0.39, 0.29) is 0 Å². The first-order valence-corrected chi connectivity index (χ1v) is 4.18. The van der Waals surface area contributed by atoms with Gasteiger partial charge in [-0.15, -0.1) is 0 Å². The summed E-state index contributed by atoms with van der Waals surface area (Å²) in [6, 6.07) is 0.316. The SMILES string of the molecule is CC(C)n1ncc(CCN)c1N. The number of rotatable bonds is 3. The molecule has 0 atom stereocenters. The van der Waals surface area contributed by atoms with Crippen molar-refractivity contribution in [2.75, 3.05) is 12.3 Å². The second-order valence-electron chi connectivity index (χ2n) is 3.13. The van der Waals surface area contributed by atoms with E-state index in [1.165, 1.54) is 0 Å². The van der Waals surface area contributed by atoms with Crippen LogP contribution < -0.4 is 11.5 Å². The Labute approximate surface area is 72.5 Å². The van der Waals surface area contributed by atoms with E-state index in [2.05, 4.69) is 18.9 Å². The molecule has 0 radical (unpaired) electrons. The summed E-state index contributed by atoms with van der Waals surface area (Å²) in [6.45, 7) is 4.72. The smallest absolute Gasteiger partial charge is 0.125 e. The van der Waals surface area contributed by atoms with E-state index in [1.807, 2.05) is 4.68 Å². The molecule has 0 spiro atoms. The predicted octanol–water partition coefficient (Wildman–Crippen LogP) is 0.547. The van der Waals surface area contributed by atoms with Crippen molar-refractivity contribution in [3.8, 4) is 0 Å². The van der Waals surface area contributed by atoms with E-state index < -0.39 is 0 Å². The van der Waals surface area contributed by atoms with Crippen LogP contribution in [0.3, 0.4) is 0 Å². The summed E-state index contributed by atoms with van der Waals surface area (Å²) in [5, 5.41) is 4.17. The van der Waals surface area contributed by atoms with Gasteiger partial charge in [0.1, 0.15) is 5.82 Å². The van der Waals surface area contributed by atoms with E-state index >= 15 is 0 Å². The molecule has 4 N–H and O–H groups in total. The molecule has 0 amide bonds. The average Bonchev–Trinajstić information content (AvgIpc) is 2.34. The van der Waals surface area contributed by atoms with E-state index in [1.54, 1.807) is 6.20 Å². The van der Waals surface area contributed by atoms with Crippen molar-refractivity contribution in [2.24, 2.45) is 5.73 Å². The van der Waals surface area contributed by atoms with Crippen molar-refractivity contribution in [1.29, 1.82) is 0 Å². The van der Waals surface area contributed by atoms with Gasteiger partial charge in [0.25, 0.3) is 0 Å². The van der Waals surface area contributed by atoms with Crippen LogP contribution in [0.15, 0.2) is 6.20 Å². The van der Waals surface area contributed by atoms with Crippen molar-refractivity contribution in [1.82, 2.24) is 9.78 Å². The number of nitrogen functional groups attached to an aromatic ring is 1. The Hall–Kier alpha value is -1.03. The second kappa shape index (κ2) is 3.58. The molecule has 0 fully saturated rings. The maximum atomic E-state index is 5.84. The van der Waals surface area contributed by atoms with Crippen molar-refractivity contribution in [3.05, 3.63) is 11.8 Å². The molecule has 0 unspecified atom stereocenters. The zero-order chi connectivity index (χ0) is 9.14. The summed E-state index contributed by atoms with van der Waals surface area (Å²) < 4.78 is 1.81. The molecule has 0 aliphatic heterocycles. The van der Waals surface area contributed by atoms with Gasteiger partial charge in [0.2, 0.25) is 0 Å². The monoisotopic (exact) mass is 168 g/mol. The summed E-state index contributed by atoms with van der Waals surface area (Å²) in [6.07, 6.45) is 2.60. The molecule has 0 saturated carbocycles. The zero-order valence-corrected chi connectivity index (χ0v) is 7.62. The van der Waals surface area contributed by atoms with E-state index in [0.29, 0.717) is 12.6 Å². The highest BCUT2D eigenvalue weighted by Gasteiger charge is 2.07. The van der Waals surface area contributed by atoms with Crippen LogP contribution in [0.5, 0.6) is 0 Å². The Morgan fingerprint density at radius 1 is 1.58 bits per heavy atom. The third kappa shape index (κ3) is 1.58. The molecule has 1 heterocycles.